The van der Waals surface area contributed by atoms with Gasteiger partial charge >= 0.3 is 0 Å². The van der Waals surface area contributed by atoms with E-state index in [0.717, 1.165) is 13.2 Å². The average Bonchev–Trinajstić information content (AvgIpc) is 1.84. The monoisotopic (exact) mass is 162 g/mol. The molecule has 4 heteroatoms. The Kier molecular flexibility index (Phi) is 4.89. The first-order chi connectivity index (χ1) is 4.62. The summed E-state index contributed by atoms with van der Waals surface area (Å²) in [6.45, 7) is 8.61. The van der Waals surface area contributed by atoms with E-state index in [1.807, 2.05) is 6.92 Å². The van der Waals surface area contributed by atoms with E-state index in [9.17, 15) is 0 Å². The number of nitrogens with one attached hydrogen (secondary N) is 1. The topological polar surface area (TPSA) is 47.3 Å². The standard InChI is InChI=1S/C6H18N2OSi/c1-4-9-10(2,3)8-6-5-7/h8H,4-7H2,1-3H3. The molecule has 0 radical (unpaired) electrons. The predicted octanol–water partition coefficient (Wildman–Crippen LogP) is 0.273. The van der Waals surface area contributed by atoms with Crippen molar-refractivity contribution in [1.82, 2.24) is 4.98 Å². The highest BCUT2D eigenvalue weighted by Gasteiger charge is 2.19. The summed E-state index contributed by atoms with van der Waals surface area (Å²) >= 11 is 0. The molecule has 0 heterocycles. The van der Waals surface area contributed by atoms with E-state index in [2.05, 4.69) is 18.1 Å². The molecule has 0 atom stereocenters. The summed E-state index contributed by atoms with van der Waals surface area (Å²) in [4.78, 5) is 3.30. The number of rotatable bonds is 5. The highest BCUT2D eigenvalue weighted by Crippen LogP contribution is 1.97. The minimum Gasteiger partial charge on any atom is -0.404 e. The molecule has 0 aliphatic heterocycles. The first-order valence-corrected chi connectivity index (χ1v) is 6.62. The second-order valence-electron chi connectivity index (χ2n) is 2.66. The molecule has 0 aliphatic rings. The van der Waals surface area contributed by atoms with Gasteiger partial charge in [-0.2, -0.15) is 0 Å². The molecule has 0 aromatic carbocycles. The number of hydrogen-bond acceptors (Lipinski definition) is 3. The minimum absolute atomic E-state index is 0.684. The lowest BCUT2D eigenvalue weighted by molar-refractivity contribution is 0.320. The van der Waals surface area contributed by atoms with Crippen LogP contribution in [0, 0.1) is 0 Å². The Morgan fingerprint density at radius 2 is 2.10 bits per heavy atom. The second kappa shape index (κ2) is 4.84. The maximum atomic E-state index is 5.50. The Bertz CT molecular complexity index is 87.8. The third-order valence-corrected chi connectivity index (χ3v) is 3.31. The molecule has 0 aromatic heterocycles. The fourth-order valence-corrected chi connectivity index (χ4v) is 2.36. The molecule has 0 rings (SSSR count). The summed E-state index contributed by atoms with van der Waals surface area (Å²) in [5.74, 6) is 0. The van der Waals surface area contributed by atoms with Crippen LogP contribution in [0.25, 0.3) is 0 Å². The Hall–Kier alpha value is 0.0969. The molecular formula is C6H18N2OSi. The minimum atomic E-state index is -1.55. The first kappa shape index (κ1) is 10.1. The van der Waals surface area contributed by atoms with Crippen LogP contribution in [0.3, 0.4) is 0 Å². The molecule has 10 heavy (non-hydrogen) atoms. The smallest absolute Gasteiger partial charge is 0.262 e. The maximum Gasteiger partial charge on any atom is 0.262 e. The molecule has 3 N–H and O–H groups in total. The molecular weight excluding hydrogens is 144 g/mol. The van der Waals surface area contributed by atoms with Crippen LogP contribution in [-0.4, -0.2) is 28.2 Å². The van der Waals surface area contributed by atoms with E-state index >= 15 is 0 Å². The Morgan fingerprint density at radius 3 is 2.50 bits per heavy atom. The van der Waals surface area contributed by atoms with E-state index in [4.69, 9.17) is 10.2 Å². The van der Waals surface area contributed by atoms with Gasteiger partial charge in [-0.3, -0.25) is 0 Å². The van der Waals surface area contributed by atoms with Gasteiger partial charge in [-0.1, -0.05) is 0 Å². The lowest BCUT2D eigenvalue weighted by Crippen LogP contribution is -2.49. The highest BCUT2D eigenvalue weighted by atomic mass is 28.4. The molecule has 0 bridgehead atoms. The summed E-state index contributed by atoms with van der Waals surface area (Å²) < 4.78 is 5.50. The molecule has 0 saturated heterocycles. The van der Waals surface area contributed by atoms with E-state index in [-0.39, 0.29) is 0 Å². The number of nitrogens with two attached hydrogens (primary N) is 1. The average molecular weight is 162 g/mol. The van der Waals surface area contributed by atoms with Gasteiger partial charge in [-0.15, -0.1) is 0 Å². The zero-order valence-corrected chi connectivity index (χ0v) is 8.11. The summed E-state index contributed by atoms with van der Waals surface area (Å²) in [7, 11) is -1.55. The second-order valence-corrected chi connectivity index (χ2v) is 6.32. The number of hydrogen-bond donors (Lipinski definition) is 2. The van der Waals surface area contributed by atoms with Crippen molar-refractivity contribution in [2.45, 2.75) is 20.0 Å². The van der Waals surface area contributed by atoms with Crippen LogP contribution in [0.15, 0.2) is 0 Å². The molecule has 0 saturated carbocycles. The van der Waals surface area contributed by atoms with Crippen molar-refractivity contribution in [3.05, 3.63) is 0 Å². The van der Waals surface area contributed by atoms with Gasteiger partial charge in [0.2, 0.25) is 0 Å². The van der Waals surface area contributed by atoms with Crippen LogP contribution in [0.1, 0.15) is 6.92 Å². The van der Waals surface area contributed by atoms with Crippen molar-refractivity contribution in [2.24, 2.45) is 5.73 Å². The van der Waals surface area contributed by atoms with Crippen molar-refractivity contribution in [3.8, 4) is 0 Å². The Balaban J connectivity index is 3.42. The normalized spacial score (nSPS) is 12.0. The third kappa shape index (κ3) is 4.93. The largest absolute Gasteiger partial charge is 0.404 e. The zero-order valence-electron chi connectivity index (χ0n) is 7.11. The molecule has 3 nitrogen and oxygen atoms in total. The van der Waals surface area contributed by atoms with Crippen LogP contribution < -0.4 is 10.7 Å². The summed E-state index contributed by atoms with van der Waals surface area (Å²) in [6.07, 6.45) is 0. The van der Waals surface area contributed by atoms with Crippen LogP contribution in [0.4, 0.5) is 0 Å². The van der Waals surface area contributed by atoms with Crippen molar-refractivity contribution in [2.75, 3.05) is 19.7 Å². The van der Waals surface area contributed by atoms with Gasteiger partial charge in [0.15, 0.2) is 0 Å². The van der Waals surface area contributed by atoms with E-state index < -0.39 is 8.48 Å². The highest BCUT2D eigenvalue weighted by molar-refractivity contribution is 6.68. The molecule has 0 fully saturated rings. The van der Waals surface area contributed by atoms with E-state index in [1.165, 1.54) is 0 Å². The van der Waals surface area contributed by atoms with E-state index in [0.29, 0.717) is 6.54 Å². The summed E-state index contributed by atoms with van der Waals surface area (Å²) in [5, 5.41) is 0. The lowest BCUT2D eigenvalue weighted by atomic mass is 10.7. The van der Waals surface area contributed by atoms with Gasteiger partial charge in [0.25, 0.3) is 8.48 Å². The van der Waals surface area contributed by atoms with Gasteiger partial charge < -0.3 is 15.1 Å². The Labute approximate surface area is 64.2 Å². The SMILES string of the molecule is CCO[Si](C)(C)NCCN. The van der Waals surface area contributed by atoms with Crippen LogP contribution in [-0.2, 0) is 4.43 Å². The van der Waals surface area contributed by atoms with Gasteiger partial charge in [-0.05, 0) is 20.0 Å². The summed E-state index contributed by atoms with van der Waals surface area (Å²) in [6, 6.07) is 0. The molecule has 0 spiro atoms. The first-order valence-electron chi connectivity index (χ1n) is 3.71. The van der Waals surface area contributed by atoms with Gasteiger partial charge in [0.1, 0.15) is 0 Å². The van der Waals surface area contributed by atoms with Gasteiger partial charge in [-0.25, -0.2) is 0 Å². The van der Waals surface area contributed by atoms with E-state index in [1.54, 1.807) is 0 Å². The lowest BCUT2D eigenvalue weighted by Gasteiger charge is -2.22. The third-order valence-electron chi connectivity index (χ3n) is 1.20. The summed E-state index contributed by atoms with van der Waals surface area (Å²) in [5.41, 5.74) is 5.34. The van der Waals surface area contributed by atoms with Crippen LogP contribution >= 0.6 is 0 Å². The van der Waals surface area contributed by atoms with Crippen molar-refractivity contribution in [1.29, 1.82) is 0 Å². The Morgan fingerprint density at radius 1 is 1.50 bits per heavy atom. The van der Waals surface area contributed by atoms with Gasteiger partial charge in [0, 0.05) is 19.7 Å². The fourth-order valence-electron chi connectivity index (χ4n) is 0.785. The van der Waals surface area contributed by atoms with Gasteiger partial charge in [0.05, 0.1) is 0 Å². The van der Waals surface area contributed by atoms with Crippen LogP contribution in [0.5, 0.6) is 0 Å². The molecule has 0 amide bonds. The quantitative estimate of drug-likeness (QED) is 0.571. The molecule has 62 valence electrons. The predicted molar refractivity (Wildman–Crippen MR) is 46.2 cm³/mol. The maximum absolute atomic E-state index is 5.50. The van der Waals surface area contributed by atoms with Crippen molar-refractivity contribution in [3.63, 3.8) is 0 Å². The fraction of sp³-hybridized carbons (Fsp3) is 1.00. The van der Waals surface area contributed by atoms with Crippen LogP contribution in [0.2, 0.25) is 13.1 Å². The molecule has 0 aliphatic carbocycles. The molecule has 0 aromatic rings. The zero-order chi connectivity index (χ0) is 8.04. The molecule has 0 unspecified atom stereocenters. The van der Waals surface area contributed by atoms with Crippen molar-refractivity contribution < 1.29 is 4.43 Å². The van der Waals surface area contributed by atoms with Crippen molar-refractivity contribution >= 4 is 8.48 Å².